The summed E-state index contributed by atoms with van der Waals surface area (Å²) in [5, 5.41) is 26.5. The highest BCUT2D eigenvalue weighted by Crippen LogP contribution is 2.38. The molecule has 0 bridgehead atoms. The molecule has 28 heavy (non-hydrogen) atoms. The molecule has 0 amide bonds. The number of benzene rings is 1. The molecule has 1 atom stereocenters. The van der Waals surface area contributed by atoms with Gasteiger partial charge in [0.1, 0.15) is 0 Å². The Morgan fingerprint density at radius 1 is 1.00 bits per heavy atom. The van der Waals surface area contributed by atoms with Gasteiger partial charge in [-0.15, -0.1) is 0 Å². The lowest BCUT2D eigenvalue weighted by molar-refractivity contribution is -0.394. The molecule has 9 nitrogen and oxygen atoms in total. The standard InChI is InChI=1S/C19H23N3O6/c23-19(13-6-2-1-3-7-13)28-20-17-9-5-4-8-15(17)16-11-10-14(21(24)25)12-18(16)22(26)27/h10-13,15H,1-9H2. The highest BCUT2D eigenvalue weighted by Gasteiger charge is 2.31. The van der Waals surface area contributed by atoms with Crippen molar-refractivity contribution in [2.45, 2.75) is 63.7 Å². The van der Waals surface area contributed by atoms with Crippen molar-refractivity contribution >= 4 is 23.1 Å². The maximum Gasteiger partial charge on any atom is 0.338 e. The highest BCUT2D eigenvalue weighted by molar-refractivity contribution is 5.92. The number of hydrogen-bond acceptors (Lipinski definition) is 7. The van der Waals surface area contributed by atoms with E-state index in [-0.39, 0.29) is 29.2 Å². The molecular weight excluding hydrogens is 366 g/mol. The molecule has 0 aliphatic heterocycles. The first-order chi connectivity index (χ1) is 13.5. The molecule has 0 saturated heterocycles. The SMILES string of the molecule is O=C(ON=C1CCCCC1c1ccc([N+](=O)[O-])cc1[N+](=O)[O-])C1CCCCC1. The summed E-state index contributed by atoms with van der Waals surface area (Å²) in [6.45, 7) is 0. The molecular formula is C19H23N3O6. The van der Waals surface area contributed by atoms with E-state index in [0.717, 1.165) is 51.0 Å². The molecule has 0 spiro atoms. The van der Waals surface area contributed by atoms with Crippen molar-refractivity contribution in [2.24, 2.45) is 11.1 Å². The number of hydrogen-bond donors (Lipinski definition) is 0. The Morgan fingerprint density at radius 2 is 1.71 bits per heavy atom. The molecule has 0 radical (unpaired) electrons. The van der Waals surface area contributed by atoms with Crippen molar-refractivity contribution in [3.8, 4) is 0 Å². The van der Waals surface area contributed by atoms with Crippen LogP contribution in [0.5, 0.6) is 0 Å². The molecule has 1 aromatic rings. The van der Waals surface area contributed by atoms with Gasteiger partial charge in [-0.1, -0.05) is 30.8 Å². The number of non-ortho nitro benzene ring substituents is 1. The minimum absolute atomic E-state index is 0.131. The van der Waals surface area contributed by atoms with Crippen LogP contribution in [0, 0.1) is 26.1 Å². The fraction of sp³-hybridized carbons (Fsp3) is 0.579. The Morgan fingerprint density at radius 3 is 2.39 bits per heavy atom. The molecule has 2 fully saturated rings. The zero-order valence-electron chi connectivity index (χ0n) is 15.5. The van der Waals surface area contributed by atoms with Gasteiger partial charge in [0.05, 0.1) is 27.5 Å². The van der Waals surface area contributed by atoms with Crippen LogP contribution in [0.15, 0.2) is 23.4 Å². The first kappa shape index (κ1) is 19.9. The fourth-order valence-corrected chi connectivity index (χ4v) is 4.05. The van der Waals surface area contributed by atoms with E-state index in [0.29, 0.717) is 24.1 Å². The van der Waals surface area contributed by atoms with Gasteiger partial charge in [0.2, 0.25) is 0 Å². The zero-order valence-corrected chi connectivity index (χ0v) is 15.5. The molecule has 1 unspecified atom stereocenters. The number of rotatable bonds is 5. The summed E-state index contributed by atoms with van der Waals surface area (Å²) in [5.74, 6) is -0.849. The lowest BCUT2D eigenvalue weighted by atomic mass is 9.81. The normalized spacial score (nSPS) is 22.0. The smallest absolute Gasteiger partial charge is 0.318 e. The van der Waals surface area contributed by atoms with Crippen LogP contribution >= 0.6 is 0 Å². The number of nitro benzene ring substituents is 2. The summed E-state index contributed by atoms with van der Waals surface area (Å²) >= 11 is 0. The van der Waals surface area contributed by atoms with Crippen LogP contribution in [0.2, 0.25) is 0 Å². The van der Waals surface area contributed by atoms with Gasteiger partial charge < -0.3 is 4.84 Å². The second kappa shape index (κ2) is 8.90. The molecule has 9 heteroatoms. The molecule has 2 aliphatic rings. The van der Waals surface area contributed by atoms with Gasteiger partial charge in [0.15, 0.2) is 0 Å². The van der Waals surface area contributed by atoms with E-state index in [4.69, 9.17) is 4.84 Å². The van der Waals surface area contributed by atoms with E-state index >= 15 is 0 Å². The van der Waals surface area contributed by atoms with Crippen molar-refractivity contribution in [1.82, 2.24) is 0 Å². The monoisotopic (exact) mass is 389 g/mol. The fourth-order valence-electron chi connectivity index (χ4n) is 4.05. The Balaban J connectivity index is 1.83. The molecule has 2 aliphatic carbocycles. The number of nitro groups is 2. The minimum Gasteiger partial charge on any atom is -0.318 e. The van der Waals surface area contributed by atoms with Crippen molar-refractivity contribution in [2.75, 3.05) is 0 Å². The summed E-state index contributed by atoms with van der Waals surface area (Å²) in [6, 6.07) is 3.67. The second-order valence-corrected chi connectivity index (χ2v) is 7.38. The number of carbonyl (C=O) groups excluding carboxylic acids is 1. The lowest BCUT2D eigenvalue weighted by Crippen LogP contribution is -2.22. The number of nitrogens with zero attached hydrogens (tertiary/aromatic N) is 3. The van der Waals surface area contributed by atoms with Crippen LogP contribution in [0.4, 0.5) is 11.4 Å². The van der Waals surface area contributed by atoms with Crippen LogP contribution in [0.1, 0.15) is 69.3 Å². The number of carbonyl (C=O) groups is 1. The molecule has 3 rings (SSSR count). The molecule has 2 saturated carbocycles. The molecule has 0 heterocycles. The average molecular weight is 389 g/mol. The maximum atomic E-state index is 12.3. The van der Waals surface area contributed by atoms with Gasteiger partial charge in [-0.2, -0.15) is 0 Å². The van der Waals surface area contributed by atoms with Gasteiger partial charge in [-0.25, -0.2) is 4.79 Å². The van der Waals surface area contributed by atoms with Gasteiger partial charge in [0.25, 0.3) is 11.4 Å². The predicted molar refractivity (Wildman–Crippen MR) is 101 cm³/mol. The summed E-state index contributed by atoms with van der Waals surface area (Å²) in [7, 11) is 0. The van der Waals surface area contributed by atoms with Gasteiger partial charge in [-0.05, 0) is 38.2 Å². The molecule has 150 valence electrons. The number of oxime groups is 1. The topological polar surface area (TPSA) is 125 Å². The highest BCUT2D eigenvalue weighted by atomic mass is 16.7. The van der Waals surface area contributed by atoms with Gasteiger partial charge in [0, 0.05) is 17.5 Å². The third kappa shape index (κ3) is 4.52. The van der Waals surface area contributed by atoms with Crippen molar-refractivity contribution in [3.63, 3.8) is 0 Å². The van der Waals surface area contributed by atoms with Crippen LogP contribution < -0.4 is 0 Å². The Labute approximate surface area is 162 Å². The summed E-state index contributed by atoms with van der Waals surface area (Å²) in [6.07, 6.45) is 7.68. The minimum atomic E-state index is -0.654. The van der Waals surface area contributed by atoms with E-state index in [1.54, 1.807) is 0 Å². The van der Waals surface area contributed by atoms with E-state index in [1.807, 2.05) is 0 Å². The van der Waals surface area contributed by atoms with Crippen LogP contribution in [-0.2, 0) is 9.63 Å². The molecule has 0 aromatic heterocycles. The lowest BCUT2D eigenvalue weighted by Gasteiger charge is -2.24. The van der Waals surface area contributed by atoms with Crippen molar-refractivity contribution in [3.05, 3.63) is 44.0 Å². The molecule has 0 N–H and O–H groups in total. The van der Waals surface area contributed by atoms with E-state index in [9.17, 15) is 25.0 Å². The Hall–Kier alpha value is -2.84. The van der Waals surface area contributed by atoms with E-state index in [1.165, 1.54) is 12.1 Å². The zero-order chi connectivity index (χ0) is 20.1. The van der Waals surface area contributed by atoms with Crippen LogP contribution in [0.25, 0.3) is 0 Å². The maximum absolute atomic E-state index is 12.3. The first-order valence-corrected chi connectivity index (χ1v) is 9.67. The summed E-state index contributed by atoms with van der Waals surface area (Å²) in [4.78, 5) is 38.6. The predicted octanol–water partition coefficient (Wildman–Crippen LogP) is 4.64. The third-order valence-corrected chi connectivity index (χ3v) is 5.57. The Bertz CT molecular complexity index is 801. The van der Waals surface area contributed by atoms with E-state index < -0.39 is 9.85 Å². The largest absolute Gasteiger partial charge is 0.338 e. The summed E-state index contributed by atoms with van der Waals surface area (Å²) in [5.41, 5.74) is 0.344. The van der Waals surface area contributed by atoms with Crippen molar-refractivity contribution in [1.29, 1.82) is 0 Å². The molecule has 1 aromatic carbocycles. The second-order valence-electron chi connectivity index (χ2n) is 7.38. The quantitative estimate of drug-likeness (QED) is 0.410. The van der Waals surface area contributed by atoms with E-state index in [2.05, 4.69) is 5.16 Å². The Kier molecular flexibility index (Phi) is 6.33. The van der Waals surface area contributed by atoms with Gasteiger partial charge >= 0.3 is 5.97 Å². The summed E-state index contributed by atoms with van der Waals surface area (Å²) < 4.78 is 0. The van der Waals surface area contributed by atoms with Crippen LogP contribution in [-0.4, -0.2) is 21.5 Å². The third-order valence-electron chi connectivity index (χ3n) is 5.57. The first-order valence-electron chi connectivity index (χ1n) is 9.67. The average Bonchev–Trinajstić information content (AvgIpc) is 2.72. The van der Waals surface area contributed by atoms with Crippen molar-refractivity contribution < 1.29 is 19.5 Å². The van der Waals surface area contributed by atoms with Gasteiger partial charge in [-0.3, -0.25) is 20.2 Å². The van der Waals surface area contributed by atoms with Crippen LogP contribution in [0.3, 0.4) is 0 Å².